The first-order chi connectivity index (χ1) is 12.4. The third kappa shape index (κ3) is 5.88. The van der Waals surface area contributed by atoms with Crippen molar-refractivity contribution in [3.63, 3.8) is 0 Å². The Labute approximate surface area is 151 Å². The average molecular weight is 414 g/mol. The van der Waals surface area contributed by atoms with Gasteiger partial charge in [0.1, 0.15) is 0 Å². The number of nitrogens with zero attached hydrogens (tertiary/aromatic N) is 1. The smallest absolute Gasteiger partial charge is 0.335 e. The number of rotatable bonds is 6. The fraction of sp³-hybridized carbons (Fsp3) is 0.467. The van der Waals surface area contributed by atoms with E-state index < -0.39 is 57.9 Å². The molecule has 1 aromatic carbocycles. The van der Waals surface area contributed by atoms with Gasteiger partial charge >= 0.3 is 6.18 Å². The standard InChI is InChI=1S/C15H15F5N2O4S/c16-11-3-1-2-9(14(11)17)7-22-10(4-5-13(22)24)6-12(23)21-27(25,26)8-15(18,19)20/h1-3,10H,4-8H2,(H,21,23). The lowest BCUT2D eigenvalue weighted by molar-refractivity contribution is -0.130. The van der Waals surface area contributed by atoms with Crippen molar-refractivity contribution in [1.82, 2.24) is 9.62 Å². The third-order valence-electron chi connectivity index (χ3n) is 3.87. The van der Waals surface area contributed by atoms with Crippen molar-refractivity contribution >= 4 is 21.8 Å². The molecule has 2 rings (SSSR count). The van der Waals surface area contributed by atoms with Crippen LogP contribution in [0.4, 0.5) is 22.0 Å². The summed E-state index contributed by atoms with van der Waals surface area (Å²) in [7, 11) is -4.92. The predicted molar refractivity (Wildman–Crippen MR) is 82.5 cm³/mol. The summed E-state index contributed by atoms with van der Waals surface area (Å²) < 4.78 is 87.6. The van der Waals surface area contributed by atoms with Gasteiger partial charge < -0.3 is 4.90 Å². The van der Waals surface area contributed by atoms with Gasteiger partial charge in [0.15, 0.2) is 17.4 Å². The minimum atomic E-state index is -5.02. The molecule has 0 aromatic heterocycles. The van der Waals surface area contributed by atoms with Crippen LogP contribution in [0.5, 0.6) is 0 Å². The maximum absolute atomic E-state index is 13.8. The van der Waals surface area contributed by atoms with Crippen molar-refractivity contribution in [2.75, 3.05) is 5.75 Å². The van der Waals surface area contributed by atoms with Crippen LogP contribution in [-0.4, -0.2) is 43.1 Å². The van der Waals surface area contributed by atoms with Crippen molar-refractivity contribution in [2.24, 2.45) is 0 Å². The van der Waals surface area contributed by atoms with E-state index in [-0.39, 0.29) is 24.9 Å². The molecule has 1 unspecified atom stereocenters. The predicted octanol–water partition coefficient (Wildman–Crippen LogP) is 1.85. The number of benzene rings is 1. The summed E-state index contributed by atoms with van der Waals surface area (Å²) in [5, 5.41) is 0. The maximum Gasteiger partial charge on any atom is 0.404 e. The molecule has 1 aliphatic rings. The second-order valence-electron chi connectivity index (χ2n) is 6.03. The first-order valence-electron chi connectivity index (χ1n) is 7.70. The van der Waals surface area contributed by atoms with E-state index in [1.807, 2.05) is 0 Å². The highest BCUT2D eigenvalue weighted by atomic mass is 32.2. The van der Waals surface area contributed by atoms with Crippen LogP contribution in [0.2, 0.25) is 0 Å². The van der Waals surface area contributed by atoms with E-state index in [0.717, 1.165) is 11.0 Å². The van der Waals surface area contributed by atoms with Crippen molar-refractivity contribution in [2.45, 2.75) is 38.0 Å². The van der Waals surface area contributed by atoms with E-state index in [4.69, 9.17) is 0 Å². The lowest BCUT2D eigenvalue weighted by Crippen LogP contribution is -2.41. The molecule has 12 heteroatoms. The molecule has 0 saturated carbocycles. The van der Waals surface area contributed by atoms with Gasteiger partial charge in [0.2, 0.25) is 21.8 Å². The molecular formula is C15H15F5N2O4S. The Kier molecular flexibility index (Phi) is 6.07. The SMILES string of the molecule is O=C(CC1CCC(=O)N1Cc1cccc(F)c1F)NS(=O)(=O)CC(F)(F)F. The van der Waals surface area contributed by atoms with Crippen LogP contribution < -0.4 is 4.72 Å². The summed E-state index contributed by atoms with van der Waals surface area (Å²) in [6, 6.07) is 2.52. The number of likely N-dealkylation sites (tertiary alicyclic amines) is 1. The summed E-state index contributed by atoms with van der Waals surface area (Å²) in [5.41, 5.74) is -0.139. The molecule has 27 heavy (non-hydrogen) atoms. The Balaban J connectivity index is 2.05. The molecule has 0 radical (unpaired) electrons. The van der Waals surface area contributed by atoms with Crippen LogP contribution in [0.25, 0.3) is 0 Å². The van der Waals surface area contributed by atoms with Crippen molar-refractivity contribution < 1.29 is 40.0 Å². The molecule has 1 fully saturated rings. The normalized spacial score (nSPS) is 18.0. The number of sulfonamides is 1. The Hall–Kier alpha value is -2.24. The van der Waals surface area contributed by atoms with E-state index in [2.05, 4.69) is 0 Å². The second kappa shape index (κ2) is 7.79. The molecule has 0 bridgehead atoms. The molecule has 2 amide bonds. The zero-order chi connectivity index (χ0) is 20.4. The van der Waals surface area contributed by atoms with E-state index in [0.29, 0.717) is 0 Å². The Morgan fingerprint density at radius 2 is 1.93 bits per heavy atom. The summed E-state index contributed by atoms with van der Waals surface area (Å²) in [4.78, 5) is 24.8. The van der Waals surface area contributed by atoms with Crippen LogP contribution in [0.1, 0.15) is 24.8 Å². The van der Waals surface area contributed by atoms with Crippen LogP contribution in [0, 0.1) is 11.6 Å². The first-order valence-corrected chi connectivity index (χ1v) is 9.35. The molecule has 1 N–H and O–H groups in total. The highest BCUT2D eigenvalue weighted by molar-refractivity contribution is 7.90. The number of nitrogens with one attached hydrogen (secondary N) is 1. The largest absolute Gasteiger partial charge is 0.404 e. The molecule has 1 saturated heterocycles. The van der Waals surface area contributed by atoms with Gasteiger partial charge in [0, 0.05) is 31.0 Å². The molecule has 6 nitrogen and oxygen atoms in total. The van der Waals surface area contributed by atoms with Crippen molar-refractivity contribution in [3.8, 4) is 0 Å². The Morgan fingerprint density at radius 1 is 1.26 bits per heavy atom. The lowest BCUT2D eigenvalue weighted by atomic mass is 10.1. The molecule has 1 aliphatic heterocycles. The fourth-order valence-corrected chi connectivity index (χ4v) is 3.69. The van der Waals surface area contributed by atoms with Crippen LogP contribution in [0.3, 0.4) is 0 Å². The van der Waals surface area contributed by atoms with Crippen molar-refractivity contribution in [3.05, 3.63) is 35.4 Å². The number of hydrogen-bond acceptors (Lipinski definition) is 4. The zero-order valence-electron chi connectivity index (χ0n) is 13.7. The fourth-order valence-electron chi connectivity index (χ4n) is 2.76. The Bertz CT molecular complexity index is 841. The van der Waals surface area contributed by atoms with Crippen LogP contribution in [-0.2, 0) is 26.2 Å². The number of amides is 2. The molecule has 0 aliphatic carbocycles. The van der Waals surface area contributed by atoms with E-state index >= 15 is 0 Å². The maximum atomic E-state index is 13.8. The topological polar surface area (TPSA) is 83.6 Å². The molecule has 150 valence electrons. The van der Waals surface area contributed by atoms with Gasteiger partial charge in [-0.25, -0.2) is 17.2 Å². The molecule has 1 atom stereocenters. The van der Waals surface area contributed by atoms with Gasteiger partial charge in [0.25, 0.3) is 0 Å². The van der Waals surface area contributed by atoms with Gasteiger partial charge in [-0.1, -0.05) is 12.1 Å². The number of halogens is 5. The quantitative estimate of drug-likeness (QED) is 0.721. The number of carbonyl (C=O) groups excluding carboxylic acids is 2. The highest BCUT2D eigenvalue weighted by Crippen LogP contribution is 2.25. The summed E-state index contributed by atoms with van der Waals surface area (Å²) >= 11 is 0. The van der Waals surface area contributed by atoms with Gasteiger partial charge in [0.05, 0.1) is 0 Å². The van der Waals surface area contributed by atoms with Gasteiger partial charge in [-0.15, -0.1) is 0 Å². The van der Waals surface area contributed by atoms with Crippen LogP contribution in [0.15, 0.2) is 18.2 Å². The number of hydrogen-bond donors (Lipinski definition) is 1. The first kappa shape index (κ1) is 21.1. The van der Waals surface area contributed by atoms with Gasteiger partial charge in [-0.05, 0) is 12.5 Å². The van der Waals surface area contributed by atoms with Gasteiger partial charge in [-0.3, -0.25) is 14.3 Å². The summed E-state index contributed by atoms with van der Waals surface area (Å²) in [6.45, 7) is -0.352. The number of carbonyl (C=O) groups is 2. The average Bonchev–Trinajstić information content (AvgIpc) is 2.81. The minimum absolute atomic E-state index is 0.00974. The summed E-state index contributed by atoms with van der Waals surface area (Å²) in [6.07, 6.45) is -5.48. The highest BCUT2D eigenvalue weighted by Gasteiger charge is 2.37. The monoisotopic (exact) mass is 414 g/mol. The van der Waals surface area contributed by atoms with E-state index in [1.165, 1.54) is 16.9 Å². The van der Waals surface area contributed by atoms with Crippen molar-refractivity contribution in [1.29, 1.82) is 0 Å². The third-order valence-corrected chi connectivity index (χ3v) is 5.11. The molecular weight excluding hydrogens is 399 g/mol. The van der Waals surface area contributed by atoms with Crippen LogP contribution >= 0.6 is 0 Å². The lowest BCUT2D eigenvalue weighted by Gasteiger charge is -2.25. The number of alkyl halides is 3. The zero-order valence-corrected chi connectivity index (χ0v) is 14.5. The molecule has 1 heterocycles. The minimum Gasteiger partial charge on any atom is -0.335 e. The summed E-state index contributed by atoms with van der Waals surface area (Å²) in [5.74, 6) is -6.17. The van der Waals surface area contributed by atoms with E-state index in [1.54, 1.807) is 0 Å². The van der Waals surface area contributed by atoms with Gasteiger partial charge in [-0.2, -0.15) is 13.2 Å². The molecule has 1 aromatic rings. The molecule has 0 spiro atoms. The Morgan fingerprint density at radius 3 is 2.56 bits per heavy atom. The second-order valence-corrected chi connectivity index (χ2v) is 7.75. The van der Waals surface area contributed by atoms with E-state index in [9.17, 15) is 40.0 Å².